The molecular weight excluding hydrogens is 262 g/mol. The second kappa shape index (κ2) is 4.30. The summed E-state index contributed by atoms with van der Waals surface area (Å²) < 4.78 is 26.0. The number of phenolic OH excluding ortho intramolecular Hbond substituents is 1. The molecule has 1 aromatic heterocycles. The monoisotopic (exact) mass is 271 g/mol. The molecule has 8 heteroatoms. The summed E-state index contributed by atoms with van der Waals surface area (Å²) in [6.45, 7) is 1.73. The second-order valence-corrected chi connectivity index (χ2v) is 6.09. The predicted molar refractivity (Wildman–Crippen MR) is 63.6 cm³/mol. The van der Waals surface area contributed by atoms with E-state index in [0.29, 0.717) is 5.01 Å². The molecule has 0 bridgehead atoms. The van der Waals surface area contributed by atoms with Crippen LogP contribution in [0.4, 0.5) is 5.13 Å². The van der Waals surface area contributed by atoms with E-state index in [4.69, 9.17) is 0 Å². The van der Waals surface area contributed by atoms with E-state index >= 15 is 0 Å². The van der Waals surface area contributed by atoms with Crippen LogP contribution in [0, 0.1) is 6.92 Å². The van der Waals surface area contributed by atoms with Crippen LogP contribution in [0.15, 0.2) is 29.2 Å². The summed E-state index contributed by atoms with van der Waals surface area (Å²) in [4.78, 5) is -0.0228. The lowest BCUT2D eigenvalue weighted by Gasteiger charge is -2.04. The van der Waals surface area contributed by atoms with Crippen molar-refractivity contribution in [2.75, 3.05) is 4.72 Å². The Morgan fingerprint density at radius 3 is 2.71 bits per heavy atom. The Morgan fingerprint density at radius 1 is 1.35 bits per heavy atom. The number of hydrogen-bond acceptors (Lipinski definition) is 6. The molecule has 0 radical (unpaired) electrons. The van der Waals surface area contributed by atoms with Crippen molar-refractivity contribution in [2.24, 2.45) is 0 Å². The van der Waals surface area contributed by atoms with Crippen LogP contribution in [-0.2, 0) is 10.0 Å². The van der Waals surface area contributed by atoms with Crippen molar-refractivity contribution in [1.82, 2.24) is 10.2 Å². The highest BCUT2D eigenvalue weighted by atomic mass is 32.2. The zero-order valence-electron chi connectivity index (χ0n) is 8.78. The minimum absolute atomic E-state index is 0.0228. The van der Waals surface area contributed by atoms with Gasteiger partial charge < -0.3 is 5.11 Å². The Labute approximate surface area is 102 Å². The van der Waals surface area contributed by atoms with Gasteiger partial charge in [0.05, 0.1) is 4.90 Å². The fraction of sp³-hybridized carbons (Fsp3) is 0.111. The summed E-state index contributed by atoms with van der Waals surface area (Å²) in [6.07, 6.45) is 0. The van der Waals surface area contributed by atoms with Crippen LogP contribution in [0.25, 0.3) is 0 Å². The third-order valence-electron chi connectivity index (χ3n) is 1.88. The van der Waals surface area contributed by atoms with Gasteiger partial charge >= 0.3 is 0 Å². The van der Waals surface area contributed by atoms with E-state index in [0.717, 1.165) is 17.4 Å². The molecule has 90 valence electrons. The second-order valence-electron chi connectivity index (χ2n) is 3.23. The van der Waals surface area contributed by atoms with Crippen molar-refractivity contribution in [3.63, 3.8) is 0 Å². The lowest BCUT2D eigenvalue weighted by molar-refractivity contribution is 0.473. The zero-order valence-corrected chi connectivity index (χ0v) is 10.4. The molecule has 1 aromatic carbocycles. The number of benzene rings is 1. The van der Waals surface area contributed by atoms with Crippen LogP contribution < -0.4 is 4.72 Å². The van der Waals surface area contributed by atoms with Gasteiger partial charge in [-0.1, -0.05) is 17.4 Å². The molecule has 0 amide bonds. The lowest BCUT2D eigenvalue weighted by atomic mass is 10.3. The highest BCUT2D eigenvalue weighted by Crippen LogP contribution is 2.21. The smallest absolute Gasteiger partial charge is 0.263 e. The van der Waals surface area contributed by atoms with Gasteiger partial charge in [0.1, 0.15) is 10.8 Å². The molecule has 0 aliphatic heterocycles. The first kappa shape index (κ1) is 11.8. The zero-order chi connectivity index (χ0) is 12.5. The Morgan fingerprint density at radius 2 is 2.12 bits per heavy atom. The molecule has 2 aromatic rings. The number of hydrogen-bond donors (Lipinski definition) is 2. The van der Waals surface area contributed by atoms with Crippen molar-refractivity contribution in [3.8, 4) is 5.75 Å². The Kier molecular flexibility index (Phi) is 2.99. The average Bonchev–Trinajstić information content (AvgIpc) is 2.63. The van der Waals surface area contributed by atoms with Crippen LogP contribution in [-0.4, -0.2) is 23.7 Å². The number of nitrogens with zero attached hydrogens (tertiary/aromatic N) is 2. The molecule has 1 heterocycles. The predicted octanol–water partition coefficient (Wildman–Crippen LogP) is 1.35. The van der Waals surface area contributed by atoms with Gasteiger partial charge in [0.15, 0.2) is 0 Å². The van der Waals surface area contributed by atoms with Gasteiger partial charge in [-0.05, 0) is 19.1 Å². The maximum absolute atomic E-state index is 11.9. The number of sulfonamides is 1. The summed E-state index contributed by atoms with van der Waals surface area (Å²) in [5, 5.41) is 17.5. The van der Waals surface area contributed by atoms with Gasteiger partial charge in [0, 0.05) is 6.07 Å². The normalized spacial score (nSPS) is 11.4. The van der Waals surface area contributed by atoms with Crippen molar-refractivity contribution in [1.29, 1.82) is 0 Å². The van der Waals surface area contributed by atoms with Gasteiger partial charge in [0.25, 0.3) is 10.0 Å². The number of rotatable bonds is 3. The largest absolute Gasteiger partial charge is 0.508 e. The fourth-order valence-corrected chi connectivity index (χ4v) is 3.02. The van der Waals surface area contributed by atoms with Crippen LogP contribution in [0.1, 0.15) is 5.01 Å². The first-order valence-electron chi connectivity index (χ1n) is 4.59. The molecule has 2 rings (SSSR count). The minimum atomic E-state index is -3.72. The van der Waals surface area contributed by atoms with E-state index in [1.165, 1.54) is 18.2 Å². The Balaban J connectivity index is 2.31. The molecule has 17 heavy (non-hydrogen) atoms. The van der Waals surface area contributed by atoms with Crippen molar-refractivity contribution >= 4 is 26.5 Å². The molecule has 0 aliphatic rings. The van der Waals surface area contributed by atoms with E-state index in [-0.39, 0.29) is 15.8 Å². The molecule has 0 saturated heterocycles. The van der Waals surface area contributed by atoms with Crippen LogP contribution in [0.2, 0.25) is 0 Å². The Bertz CT molecular complexity index is 636. The lowest BCUT2D eigenvalue weighted by Crippen LogP contribution is -2.12. The molecule has 0 atom stereocenters. The van der Waals surface area contributed by atoms with E-state index < -0.39 is 10.0 Å². The third kappa shape index (κ3) is 2.71. The summed E-state index contributed by atoms with van der Waals surface area (Å²) >= 11 is 1.14. The molecule has 0 spiro atoms. The van der Waals surface area contributed by atoms with E-state index in [1.807, 2.05) is 0 Å². The van der Waals surface area contributed by atoms with Crippen LogP contribution in [0.3, 0.4) is 0 Å². The first-order chi connectivity index (χ1) is 7.97. The maximum Gasteiger partial charge on any atom is 0.263 e. The standard InChI is InChI=1S/C9H9N3O3S2/c1-6-10-11-9(16-6)12-17(14,15)8-4-2-3-7(13)5-8/h2-5,13H,1H3,(H,11,12). The summed E-state index contributed by atoms with van der Waals surface area (Å²) in [5.41, 5.74) is 0. The molecule has 0 fully saturated rings. The molecule has 0 unspecified atom stereocenters. The van der Waals surface area contributed by atoms with Crippen molar-refractivity contribution in [3.05, 3.63) is 29.3 Å². The van der Waals surface area contributed by atoms with Crippen LogP contribution in [0.5, 0.6) is 5.75 Å². The van der Waals surface area contributed by atoms with Gasteiger partial charge in [-0.15, -0.1) is 10.2 Å². The van der Waals surface area contributed by atoms with Gasteiger partial charge in [0.2, 0.25) is 5.13 Å². The SMILES string of the molecule is Cc1nnc(NS(=O)(=O)c2cccc(O)c2)s1. The topological polar surface area (TPSA) is 92.2 Å². The van der Waals surface area contributed by atoms with E-state index in [2.05, 4.69) is 14.9 Å². The van der Waals surface area contributed by atoms with E-state index in [1.54, 1.807) is 6.92 Å². The quantitative estimate of drug-likeness (QED) is 0.879. The van der Waals surface area contributed by atoms with Crippen molar-refractivity contribution < 1.29 is 13.5 Å². The molecule has 0 aliphatic carbocycles. The van der Waals surface area contributed by atoms with Crippen molar-refractivity contribution in [2.45, 2.75) is 11.8 Å². The van der Waals surface area contributed by atoms with Crippen LogP contribution >= 0.6 is 11.3 Å². The third-order valence-corrected chi connectivity index (χ3v) is 4.10. The summed E-state index contributed by atoms with van der Waals surface area (Å²) in [5.74, 6) is -0.110. The number of phenols is 1. The number of aryl methyl sites for hydroxylation is 1. The number of nitrogens with one attached hydrogen (secondary N) is 1. The fourth-order valence-electron chi connectivity index (χ4n) is 1.16. The first-order valence-corrected chi connectivity index (χ1v) is 6.89. The van der Waals surface area contributed by atoms with Gasteiger partial charge in [-0.3, -0.25) is 4.72 Å². The average molecular weight is 271 g/mol. The van der Waals surface area contributed by atoms with Gasteiger partial charge in [-0.25, -0.2) is 8.42 Å². The Hall–Kier alpha value is -1.67. The number of anilines is 1. The number of aromatic hydroxyl groups is 1. The summed E-state index contributed by atoms with van der Waals surface area (Å²) in [6, 6.07) is 5.40. The molecular formula is C9H9N3O3S2. The highest BCUT2D eigenvalue weighted by molar-refractivity contribution is 7.93. The minimum Gasteiger partial charge on any atom is -0.508 e. The molecule has 2 N–H and O–H groups in total. The summed E-state index contributed by atoms with van der Waals surface area (Å²) in [7, 11) is -3.72. The van der Waals surface area contributed by atoms with E-state index in [9.17, 15) is 13.5 Å². The van der Waals surface area contributed by atoms with Gasteiger partial charge in [-0.2, -0.15) is 0 Å². The highest BCUT2D eigenvalue weighted by Gasteiger charge is 2.16. The number of aromatic nitrogens is 2. The molecule has 0 saturated carbocycles. The maximum atomic E-state index is 11.9. The molecule has 6 nitrogen and oxygen atoms in total.